The summed E-state index contributed by atoms with van der Waals surface area (Å²) in [5.41, 5.74) is 6.83. The van der Waals surface area contributed by atoms with E-state index in [4.69, 9.17) is 4.74 Å². The van der Waals surface area contributed by atoms with Crippen LogP contribution in [0, 0.1) is 0 Å². The van der Waals surface area contributed by atoms with Gasteiger partial charge < -0.3 is 9.64 Å². The monoisotopic (exact) mass is 597 g/mol. The highest BCUT2D eigenvalue weighted by atomic mass is 16.5. The number of imide groups is 2. The number of barbiturate groups is 1. The molecule has 3 aliphatic heterocycles. The minimum absolute atomic E-state index is 0.0244. The summed E-state index contributed by atoms with van der Waals surface area (Å²) in [5, 5.41) is 2.42. The molecule has 3 heterocycles. The first-order valence-corrected chi connectivity index (χ1v) is 15.6. The van der Waals surface area contributed by atoms with Crippen molar-refractivity contribution in [2.45, 2.75) is 44.6 Å². The molecule has 0 radical (unpaired) electrons. The topological polar surface area (TPSA) is 79.0 Å². The number of hydrogen-bond acceptors (Lipinski definition) is 5. The minimum Gasteiger partial charge on any atom is -0.491 e. The van der Waals surface area contributed by atoms with E-state index < -0.39 is 17.8 Å². The molecule has 0 spiro atoms. The van der Waals surface area contributed by atoms with Gasteiger partial charge in [-0.15, -0.1) is 0 Å². The molecule has 4 amide bonds. The molecule has 7 heteroatoms. The highest BCUT2D eigenvalue weighted by molar-refractivity contribution is 6.39. The van der Waals surface area contributed by atoms with Crippen molar-refractivity contribution in [3.8, 4) is 5.75 Å². The summed E-state index contributed by atoms with van der Waals surface area (Å²) in [7, 11) is 0. The maximum absolute atomic E-state index is 14.1. The molecule has 0 aromatic heterocycles. The molecule has 7 rings (SSSR count). The lowest BCUT2D eigenvalue weighted by Crippen LogP contribution is -2.54. The molecule has 1 fully saturated rings. The van der Waals surface area contributed by atoms with Crippen LogP contribution in [0.1, 0.15) is 66.3 Å². The molecule has 0 unspecified atom stereocenters. The molecule has 3 aliphatic rings. The first-order valence-electron chi connectivity index (χ1n) is 15.6. The average molecular weight is 598 g/mol. The van der Waals surface area contributed by atoms with Gasteiger partial charge in [0.2, 0.25) is 0 Å². The molecular weight excluding hydrogens is 562 g/mol. The fourth-order valence-corrected chi connectivity index (χ4v) is 6.94. The second-order valence-corrected chi connectivity index (χ2v) is 12.2. The lowest BCUT2D eigenvalue weighted by Gasteiger charge is -2.44. The number of nitrogens with one attached hydrogen (secondary N) is 1. The zero-order valence-electron chi connectivity index (χ0n) is 25.4. The van der Waals surface area contributed by atoms with E-state index in [1.54, 1.807) is 24.3 Å². The first kappa shape index (κ1) is 28.6. The Morgan fingerprint density at radius 3 is 1.87 bits per heavy atom. The number of carbonyl (C=O) groups is 3. The largest absolute Gasteiger partial charge is 0.491 e. The van der Waals surface area contributed by atoms with Crippen molar-refractivity contribution in [3.05, 3.63) is 130 Å². The zero-order valence-corrected chi connectivity index (χ0v) is 25.4. The van der Waals surface area contributed by atoms with E-state index in [9.17, 15) is 14.4 Å². The van der Waals surface area contributed by atoms with Gasteiger partial charge in [-0.1, -0.05) is 72.8 Å². The van der Waals surface area contributed by atoms with Crippen molar-refractivity contribution < 1.29 is 19.1 Å². The molecule has 0 saturated carbocycles. The van der Waals surface area contributed by atoms with Crippen LogP contribution in [0.15, 0.2) is 103 Å². The normalized spacial score (nSPS) is 20.3. The van der Waals surface area contributed by atoms with E-state index in [-0.39, 0.29) is 23.5 Å². The van der Waals surface area contributed by atoms with Crippen LogP contribution in [0.4, 0.5) is 16.2 Å². The average Bonchev–Trinajstić information content (AvgIpc) is 3.04. The number of anilines is 2. The molecule has 2 atom stereocenters. The Bertz CT molecular complexity index is 1730. The van der Waals surface area contributed by atoms with Crippen LogP contribution in [-0.4, -0.2) is 37.0 Å². The van der Waals surface area contributed by atoms with Crippen LogP contribution < -0.4 is 19.9 Å². The number of carbonyl (C=O) groups excluding carboxylic acids is 3. The summed E-state index contributed by atoms with van der Waals surface area (Å²) < 4.78 is 5.73. The third-order valence-corrected chi connectivity index (χ3v) is 8.92. The number of ether oxygens (including phenoxy) is 1. The Labute approximate surface area is 263 Å². The smallest absolute Gasteiger partial charge is 0.335 e. The van der Waals surface area contributed by atoms with E-state index in [2.05, 4.69) is 58.7 Å². The summed E-state index contributed by atoms with van der Waals surface area (Å²) in [4.78, 5) is 44.1. The van der Waals surface area contributed by atoms with Gasteiger partial charge in [0.25, 0.3) is 11.8 Å². The van der Waals surface area contributed by atoms with Gasteiger partial charge in [0.05, 0.1) is 11.8 Å². The van der Waals surface area contributed by atoms with E-state index in [1.165, 1.54) is 22.9 Å². The maximum atomic E-state index is 14.1. The summed E-state index contributed by atoms with van der Waals surface area (Å²) in [5.74, 6) is -0.442. The van der Waals surface area contributed by atoms with Crippen LogP contribution in [0.25, 0.3) is 6.08 Å². The van der Waals surface area contributed by atoms with Crippen molar-refractivity contribution in [1.29, 1.82) is 0 Å². The second kappa shape index (κ2) is 11.7. The third-order valence-electron chi connectivity index (χ3n) is 8.92. The molecule has 1 N–H and O–H groups in total. The van der Waals surface area contributed by atoms with Crippen molar-refractivity contribution in [2.75, 3.05) is 22.9 Å². The lowest BCUT2D eigenvalue weighted by molar-refractivity contribution is -0.122. The number of nitrogens with zero attached hydrogens (tertiary/aromatic N) is 2. The molecule has 4 aromatic rings. The van der Waals surface area contributed by atoms with Crippen molar-refractivity contribution in [3.63, 3.8) is 0 Å². The highest BCUT2D eigenvalue weighted by Crippen LogP contribution is 2.50. The van der Waals surface area contributed by atoms with E-state index in [0.717, 1.165) is 42.0 Å². The van der Waals surface area contributed by atoms with Crippen LogP contribution in [0.2, 0.25) is 0 Å². The second-order valence-electron chi connectivity index (χ2n) is 12.2. The maximum Gasteiger partial charge on any atom is 0.335 e. The van der Waals surface area contributed by atoms with Gasteiger partial charge in [-0.25, -0.2) is 9.69 Å². The third kappa shape index (κ3) is 5.39. The quantitative estimate of drug-likeness (QED) is 0.191. The Hall–Kier alpha value is -5.17. The van der Waals surface area contributed by atoms with Crippen LogP contribution in [-0.2, 0) is 9.59 Å². The van der Waals surface area contributed by atoms with Crippen LogP contribution in [0.5, 0.6) is 5.75 Å². The molecule has 0 bridgehead atoms. The van der Waals surface area contributed by atoms with Gasteiger partial charge in [-0.3, -0.25) is 14.9 Å². The zero-order chi connectivity index (χ0) is 31.1. The summed E-state index contributed by atoms with van der Waals surface area (Å²) in [6, 6.07) is 31.2. The van der Waals surface area contributed by atoms with Crippen molar-refractivity contribution in [1.82, 2.24) is 5.32 Å². The standard InChI is InChI=1S/C38H35N3O4/c1-24(2)45-29-15-13-25(14-16-29)21-34-36(42)39-38(44)41(37(34)43)28-22-32-30(26-9-5-3-6-10-26)17-19-40-20-18-31(33(23-28)35(32)40)27-11-7-4-8-12-27/h3-16,21-24,30-31H,17-20H2,1-2H3,(H,39,42,44)/b34-21+/t30-,31+. The molecular formula is C38H35N3O4. The lowest BCUT2D eigenvalue weighted by atomic mass is 9.76. The molecule has 0 aliphatic carbocycles. The number of benzene rings is 4. The molecule has 226 valence electrons. The number of hydrogen-bond donors (Lipinski definition) is 1. The van der Waals surface area contributed by atoms with E-state index in [0.29, 0.717) is 17.0 Å². The van der Waals surface area contributed by atoms with Gasteiger partial charge in [-0.2, -0.15) is 0 Å². The highest BCUT2D eigenvalue weighted by Gasteiger charge is 2.40. The Balaban J connectivity index is 1.34. The number of rotatable bonds is 6. The van der Waals surface area contributed by atoms with Gasteiger partial charge in [0.1, 0.15) is 11.3 Å². The summed E-state index contributed by atoms with van der Waals surface area (Å²) in [6.45, 7) is 5.77. The first-order chi connectivity index (χ1) is 21.9. The predicted octanol–water partition coefficient (Wildman–Crippen LogP) is 7.02. The van der Waals surface area contributed by atoms with Gasteiger partial charge in [0, 0.05) is 30.6 Å². The van der Waals surface area contributed by atoms with Crippen molar-refractivity contribution >= 4 is 35.3 Å². The summed E-state index contributed by atoms with van der Waals surface area (Å²) >= 11 is 0. The Morgan fingerprint density at radius 2 is 1.33 bits per heavy atom. The fourth-order valence-electron chi connectivity index (χ4n) is 6.94. The van der Waals surface area contributed by atoms with E-state index in [1.807, 2.05) is 38.1 Å². The molecule has 45 heavy (non-hydrogen) atoms. The number of urea groups is 1. The molecule has 4 aromatic carbocycles. The SMILES string of the molecule is CC(C)Oc1ccc(/C=C2\C(=O)NC(=O)N(c3cc4c5c(c3)[C@H](c3ccccc3)CCN5CC[C@@H]4c3ccccc3)C2=O)cc1. The summed E-state index contributed by atoms with van der Waals surface area (Å²) in [6.07, 6.45) is 3.41. The van der Waals surface area contributed by atoms with Crippen molar-refractivity contribution in [2.24, 2.45) is 0 Å². The van der Waals surface area contributed by atoms with Crippen LogP contribution in [0.3, 0.4) is 0 Å². The Kier molecular flexibility index (Phi) is 7.45. The van der Waals surface area contributed by atoms with E-state index >= 15 is 0 Å². The Morgan fingerprint density at radius 1 is 0.778 bits per heavy atom. The molecule has 7 nitrogen and oxygen atoms in total. The fraction of sp³-hybridized carbons (Fsp3) is 0.237. The van der Waals surface area contributed by atoms with Gasteiger partial charge >= 0.3 is 6.03 Å². The predicted molar refractivity (Wildman–Crippen MR) is 176 cm³/mol. The number of amides is 4. The molecule has 1 saturated heterocycles. The van der Waals surface area contributed by atoms with Gasteiger partial charge in [0.15, 0.2) is 0 Å². The van der Waals surface area contributed by atoms with Gasteiger partial charge in [-0.05, 0) is 84.8 Å². The van der Waals surface area contributed by atoms with Crippen LogP contribution >= 0.6 is 0 Å². The minimum atomic E-state index is -0.744.